The maximum absolute atomic E-state index is 13.0. The third kappa shape index (κ3) is 4.21. The van der Waals surface area contributed by atoms with Gasteiger partial charge in [0.05, 0.1) is 31.9 Å². The van der Waals surface area contributed by atoms with Crippen LogP contribution in [-0.2, 0) is 19.6 Å². The molecule has 0 bridgehead atoms. The van der Waals surface area contributed by atoms with Crippen molar-refractivity contribution in [3.8, 4) is 11.5 Å². The molecule has 0 unspecified atom stereocenters. The molecule has 0 saturated carbocycles. The number of anilines is 1. The lowest BCUT2D eigenvalue weighted by atomic mass is 10.3. The molecule has 2 rings (SSSR count). The van der Waals surface area contributed by atoms with Crippen molar-refractivity contribution >= 4 is 21.7 Å². The molecule has 0 fully saturated rings. The van der Waals surface area contributed by atoms with E-state index >= 15 is 0 Å². The highest BCUT2D eigenvalue weighted by molar-refractivity contribution is 7.92. The molecule has 0 radical (unpaired) electrons. The Hall–Kier alpha value is -2.74. The summed E-state index contributed by atoms with van der Waals surface area (Å²) in [5.41, 5.74) is 0.292. The lowest BCUT2D eigenvalue weighted by Crippen LogP contribution is -2.36. The monoisotopic (exact) mass is 365 g/mol. The van der Waals surface area contributed by atoms with Crippen LogP contribution >= 0.6 is 0 Å². The van der Waals surface area contributed by atoms with Gasteiger partial charge in [-0.25, -0.2) is 8.42 Å². The standard InChI is InChI=1S/C17H19NO6S/c1-22-14-7-9-16(10-8-14)25(20,21)18(12-17(19)24-3)13-5-4-6-15(11-13)23-2/h4-11H,12H2,1-3H3. The number of rotatable bonds is 7. The summed E-state index contributed by atoms with van der Waals surface area (Å²) in [5, 5.41) is 0. The predicted octanol–water partition coefficient (Wildman–Crippen LogP) is 2.07. The van der Waals surface area contributed by atoms with Gasteiger partial charge in [0.15, 0.2) is 0 Å². The van der Waals surface area contributed by atoms with Gasteiger partial charge in [0.25, 0.3) is 10.0 Å². The minimum absolute atomic E-state index is 0.0278. The molecule has 0 atom stereocenters. The van der Waals surface area contributed by atoms with Crippen LogP contribution in [0.3, 0.4) is 0 Å². The van der Waals surface area contributed by atoms with E-state index in [9.17, 15) is 13.2 Å². The molecule has 0 aliphatic rings. The number of carbonyl (C=O) groups is 1. The van der Waals surface area contributed by atoms with Gasteiger partial charge in [-0.05, 0) is 36.4 Å². The summed E-state index contributed by atoms with van der Waals surface area (Å²) in [7, 11) is 0.176. The molecule has 0 spiro atoms. The van der Waals surface area contributed by atoms with Crippen molar-refractivity contribution in [3.05, 3.63) is 48.5 Å². The van der Waals surface area contributed by atoms with Crippen LogP contribution in [0.15, 0.2) is 53.4 Å². The second-order valence-electron chi connectivity index (χ2n) is 4.96. The van der Waals surface area contributed by atoms with Crippen molar-refractivity contribution in [1.29, 1.82) is 0 Å². The summed E-state index contributed by atoms with van der Waals surface area (Å²) in [5.74, 6) is 0.317. The molecule has 0 amide bonds. The van der Waals surface area contributed by atoms with E-state index in [2.05, 4.69) is 4.74 Å². The fourth-order valence-electron chi connectivity index (χ4n) is 2.14. The minimum Gasteiger partial charge on any atom is -0.497 e. The molecule has 25 heavy (non-hydrogen) atoms. The fourth-order valence-corrected chi connectivity index (χ4v) is 3.54. The SMILES string of the molecule is COC(=O)CN(c1cccc(OC)c1)S(=O)(=O)c1ccc(OC)cc1. The number of esters is 1. The van der Waals surface area contributed by atoms with Crippen LogP contribution in [0.4, 0.5) is 5.69 Å². The van der Waals surface area contributed by atoms with Crippen molar-refractivity contribution in [3.63, 3.8) is 0 Å². The first kappa shape index (κ1) is 18.6. The summed E-state index contributed by atoms with van der Waals surface area (Å²) in [6.07, 6.45) is 0. The Kier molecular flexibility index (Phi) is 5.87. The molecule has 0 N–H and O–H groups in total. The molecule has 0 aliphatic carbocycles. The van der Waals surface area contributed by atoms with Crippen molar-refractivity contribution in [2.45, 2.75) is 4.90 Å². The highest BCUT2D eigenvalue weighted by atomic mass is 32.2. The maximum atomic E-state index is 13.0. The Bertz CT molecular complexity index is 832. The molecule has 2 aromatic carbocycles. The summed E-state index contributed by atoms with van der Waals surface area (Å²) < 4.78 is 41.8. The van der Waals surface area contributed by atoms with E-state index in [0.717, 1.165) is 4.31 Å². The van der Waals surface area contributed by atoms with E-state index in [1.807, 2.05) is 0 Å². The second kappa shape index (κ2) is 7.89. The first-order valence-corrected chi connectivity index (χ1v) is 8.74. The molecular formula is C17H19NO6S. The third-order valence-electron chi connectivity index (χ3n) is 3.49. The van der Waals surface area contributed by atoms with Crippen molar-refractivity contribution < 1.29 is 27.4 Å². The van der Waals surface area contributed by atoms with Gasteiger partial charge in [0.2, 0.25) is 0 Å². The molecule has 134 valence electrons. The number of hydrogen-bond donors (Lipinski definition) is 0. The topological polar surface area (TPSA) is 82.1 Å². The molecule has 8 heteroatoms. The summed E-state index contributed by atoms with van der Waals surface area (Å²) in [6.45, 7) is -0.460. The second-order valence-corrected chi connectivity index (χ2v) is 6.83. The Morgan fingerprint density at radius 2 is 1.60 bits per heavy atom. The summed E-state index contributed by atoms with van der Waals surface area (Å²) >= 11 is 0. The number of carbonyl (C=O) groups excluding carboxylic acids is 1. The van der Waals surface area contributed by atoms with Gasteiger partial charge < -0.3 is 14.2 Å². The van der Waals surface area contributed by atoms with Gasteiger partial charge in [-0.15, -0.1) is 0 Å². The Balaban J connectivity index is 2.50. The van der Waals surface area contributed by atoms with Gasteiger partial charge in [-0.3, -0.25) is 9.10 Å². The van der Waals surface area contributed by atoms with Crippen LogP contribution in [-0.4, -0.2) is 42.3 Å². The van der Waals surface area contributed by atoms with Crippen molar-refractivity contribution in [2.75, 3.05) is 32.2 Å². The molecule has 0 saturated heterocycles. The first-order valence-electron chi connectivity index (χ1n) is 7.30. The first-order chi connectivity index (χ1) is 11.9. The molecule has 0 heterocycles. The number of methoxy groups -OCH3 is 3. The average Bonchev–Trinajstić information content (AvgIpc) is 2.65. The van der Waals surface area contributed by atoms with Crippen molar-refractivity contribution in [1.82, 2.24) is 0 Å². The Morgan fingerprint density at radius 3 is 2.16 bits per heavy atom. The highest BCUT2D eigenvalue weighted by Gasteiger charge is 2.28. The van der Waals surface area contributed by atoms with Crippen LogP contribution in [0.2, 0.25) is 0 Å². The van der Waals surface area contributed by atoms with Gasteiger partial charge in [-0.2, -0.15) is 0 Å². The van der Waals surface area contributed by atoms with Gasteiger partial charge >= 0.3 is 5.97 Å². The van der Waals surface area contributed by atoms with Crippen LogP contribution in [0.1, 0.15) is 0 Å². The molecular weight excluding hydrogens is 346 g/mol. The van der Waals surface area contributed by atoms with E-state index in [1.54, 1.807) is 18.2 Å². The van der Waals surface area contributed by atoms with Crippen LogP contribution in [0, 0.1) is 0 Å². The Labute approximate surface area is 146 Å². The van der Waals surface area contributed by atoms with Crippen LogP contribution < -0.4 is 13.8 Å². The average molecular weight is 365 g/mol. The molecule has 2 aromatic rings. The lowest BCUT2D eigenvalue weighted by Gasteiger charge is -2.23. The zero-order valence-corrected chi connectivity index (χ0v) is 14.9. The van der Waals surface area contributed by atoms with Crippen molar-refractivity contribution in [2.24, 2.45) is 0 Å². The Morgan fingerprint density at radius 1 is 0.960 bits per heavy atom. The quantitative estimate of drug-likeness (QED) is 0.699. The zero-order chi connectivity index (χ0) is 18.4. The number of ether oxygens (including phenoxy) is 3. The van der Waals surface area contributed by atoms with Gasteiger partial charge in [-0.1, -0.05) is 6.07 Å². The van der Waals surface area contributed by atoms with Crippen LogP contribution in [0.25, 0.3) is 0 Å². The summed E-state index contributed by atoms with van der Waals surface area (Å²) in [6, 6.07) is 12.3. The highest BCUT2D eigenvalue weighted by Crippen LogP contribution is 2.27. The predicted molar refractivity (Wildman–Crippen MR) is 92.5 cm³/mol. The fraction of sp³-hybridized carbons (Fsp3) is 0.235. The van der Waals surface area contributed by atoms with Gasteiger partial charge in [0.1, 0.15) is 18.0 Å². The summed E-state index contributed by atoms with van der Waals surface area (Å²) in [4.78, 5) is 11.8. The molecule has 0 aliphatic heterocycles. The van der Waals surface area contributed by atoms with E-state index in [-0.39, 0.29) is 4.90 Å². The van der Waals surface area contributed by atoms with E-state index < -0.39 is 22.5 Å². The largest absolute Gasteiger partial charge is 0.497 e. The third-order valence-corrected chi connectivity index (χ3v) is 5.28. The zero-order valence-electron chi connectivity index (χ0n) is 14.1. The minimum atomic E-state index is -3.99. The maximum Gasteiger partial charge on any atom is 0.326 e. The lowest BCUT2D eigenvalue weighted by molar-refractivity contribution is -0.138. The molecule has 0 aromatic heterocycles. The van der Waals surface area contributed by atoms with E-state index in [0.29, 0.717) is 17.2 Å². The van der Waals surface area contributed by atoms with E-state index in [4.69, 9.17) is 9.47 Å². The normalized spacial score (nSPS) is 10.8. The number of benzene rings is 2. The van der Waals surface area contributed by atoms with Gasteiger partial charge in [0, 0.05) is 6.07 Å². The van der Waals surface area contributed by atoms with E-state index in [1.165, 1.54) is 51.7 Å². The number of hydrogen-bond acceptors (Lipinski definition) is 6. The smallest absolute Gasteiger partial charge is 0.326 e. The molecule has 7 nitrogen and oxygen atoms in total. The van der Waals surface area contributed by atoms with Crippen LogP contribution in [0.5, 0.6) is 11.5 Å². The number of nitrogens with zero attached hydrogens (tertiary/aromatic N) is 1. The number of sulfonamides is 1.